The van der Waals surface area contributed by atoms with Crippen LogP contribution in [-0.2, 0) is 4.79 Å². The lowest BCUT2D eigenvalue weighted by molar-refractivity contribution is -0.114. The van der Waals surface area contributed by atoms with Gasteiger partial charge in [-0.2, -0.15) is 5.10 Å². The highest BCUT2D eigenvalue weighted by atomic mass is 16.5. The van der Waals surface area contributed by atoms with Gasteiger partial charge in [0, 0.05) is 16.5 Å². The van der Waals surface area contributed by atoms with E-state index in [-0.39, 0.29) is 0 Å². The van der Waals surface area contributed by atoms with Crippen LogP contribution in [0.3, 0.4) is 0 Å². The van der Waals surface area contributed by atoms with E-state index in [0.717, 1.165) is 33.3 Å². The second kappa shape index (κ2) is 7.64. The summed E-state index contributed by atoms with van der Waals surface area (Å²) >= 11 is 0. The van der Waals surface area contributed by atoms with Crippen molar-refractivity contribution >= 4 is 22.4 Å². The normalized spacial score (nSPS) is 11.9. The molecular weight excluding hydrogens is 358 g/mol. The smallest absolute Gasteiger partial charge is 0.244 e. The van der Waals surface area contributed by atoms with Crippen LogP contribution < -0.4 is 19.9 Å². The quantitative estimate of drug-likeness (QED) is 0.636. The number of methoxy groups -OCH3 is 3. The van der Waals surface area contributed by atoms with E-state index >= 15 is 0 Å². The summed E-state index contributed by atoms with van der Waals surface area (Å²) in [5.41, 5.74) is 10.1. The Bertz CT molecular complexity index is 1060. The molecule has 1 amide bonds. The maximum atomic E-state index is 11.5. The van der Waals surface area contributed by atoms with Crippen molar-refractivity contribution in [1.29, 1.82) is 0 Å². The number of hydrogen-bond acceptors (Lipinski definition) is 5. The third-order valence-electron chi connectivity index (χ3n) is 4.87. The average molecular weight is 381 g/mol. The summed E-state index contributed by atoms with van der Waals surface area (Å²) in [4.78, 5) is 11.5. The molecule has 3 N–H and O–H groups in total. The van der Waals surface area contributed by atoms with Gasteiger partial charge in [-0.05, 0) is 49.2 Å². The number of nitrogens with one attached hydrogen (secondary N) is 1. The number of benzene rings is 2. The van der Waals surface area contributed by atoms with E-state index in [1.807, 2.05) is 37.3 Å². The Morgan fingerprint density at radius 3 is 2.18 bits per heavy atom. The Balaban J connectivity index is 2.21. The lowest BCUT2D eigenvalue weighted by atomic mass is 9.98. The van der Waals surface area contributed by atoms with Gasteiger partial charge in [0.15, 0.2) is 11.5 Å². The molecular formula is C21H23N3O4. The lowest BCUT2D eigenvalue weighted by Crippen LogP contribution is -2.12. The van der Waals surface area contributed by atoms with Crippen LogP contribution in [0, 0.1) is 0 Å². The first-order valence-corrected chi connectivity index (χ1v) is 8.67. The van der Waals surface area contributed by atoms with Crippen molar-refractivity contribution in [1.82, 2.24) is 10.2 Å². The largest absolute Gasteiger partial charge is 0.493 e. The zero-order valence-electron chi connectivity index (χ0n) is 16.5. The van der Waals surface area contributed by atoms with Gasteiger partial charge in [0.05, 0.1) is 26.8 Å². The van der Waals surface area contributed by atoms with Gasteiger partial charge >= 0.3 is 0 Å². The maximum absolute atomic E-state index is 11.5. The van der Waals surface area contributed by atoms with Crippen molar-refractivity contribution in [2.24, 2.45) is 5.73 Å². The van der Waals surface area contributed by atoms with Crippen LogP contribution in [0.2, 0.25) is 0 Å². The molecule has 0 spiro atoms. The van der Waals surface area contributed by atoms with E-state index < -0.39 is 5.91 Å². The molecule has 146 valence electrons. The first-order valence-electron chi connectivity index (χ1n) is 8.67. The summed E-state index contributed by atoms with van der Waals surface area (Å²) in [6.07, 6.45) is 0. The second-order valence-corrected chi connectivity index (χ2v) is 6.36. The number of allylic oxidation sites excluding steroid dienone is 1. The lowest BCUT2D eigenvalue weighted by Gasteiger charge is -2.13. The van der Waals surface area contributed by atoms with Crippen LogP contribution in [0.4, 0.5) is 0 Å². The third kappa shape index (κ3) is 3.26. The summed E-state index contributed by atoms with van der Waals surface area (Å²) in [7, 11) is 4.71. The highest BCUT2D eigenvalue weighted by molar-refractivity contribution is 6.01. The molecule has 28 heavy (non-hydrogen) atoms. The van der Waals surface area contributed by atoms with Crippen LogP contribution in [0.15, 0.2) is 35.9 Å². The number of primary amides is 1. The van der Waals surface area contributed by atoms with Crippen LogP contribution in [0.1, 0.15) is 19.4 Å². The third-order valence-corrected chi connectivity index (χ3v) is 4.87. The maximum Gasteiger partial charge on any atom is 0.244 e. The standard InChI is InChI=1S/C21H23N3O4/c1-11(12(2)21(22)25)13-6-7-16-15(8-13)19(24-23-16)14-9-17(26-3)20(28-5)18(10-14)27-4/h6-10H,1-5H3,(H2,22,25)(H,23,24). The van der Waals surface area contributed by atoms with Gasteiger partial charge in [0.2, 0.25) is 11.7 Å². The summed E-state index contributed by atoms with van der Waals surface area (Å²) in [5.74, 6) is 1.18. The molecule has 0 saturated heterocycles. The molecule has 0 bridgehead atoms. The van der Waals surface area contributed by atoms with Gasteiger partial charge in [-0.3, -0.25) is 9.89 Å². The fourth-order valence-corrected chi connectivity index (χ4v) is 3.09. The number of hydrogen-bond donors (Lipinski definition) is 2. The van der Waals surface area contributed by atoms with Crippen molar-refractivity contribution in [3.8, 4) is 28.5 Å². The van der Waals surface area contributed by atoms with E-state index in [9.17, 15) is 4.79 Å². The predicted octanol–water partition coefficient (Wildman–Crippen LogP) is 3.53. The number of aromatic amines is 1. The van der Waals surface area contributed by atoms with Gasteiger partial charge in [0.1, 0.15) is 5.69 Å². The van der Waals surface area contributed by atoms with Gasteiger partial charge < -0.3 is 19.9 Å². The monoisotopic (exact) mass is 381 g/mol. The molecule has 2 aromatic carbocycles. The molecule has 0 unspecified atom stereocenters. The molecule has 0 aliphatic rings. The van der Waals surface area contributed by atoms with Crippen LogP contribution in [0.5, 0.6) is 17.2 Å². The number of nitrogens with zero attached hydrogens (tertiary/aromatic N) is 1. The highest BCUT2D eigenvalue weighted by Crippen LogP contribution is 2.42. The van der Waals surface area contributed by atoms with E-state index in [0.29, 0.717) is 22.8 Å². The molecule has 1 heterocycles. The molecule has 0 aliphatic heterocycles. The van der Waals surface area contributed by atoms with E-state index in [4.69, 9.17) is 19.9 Å². The Kier molecular flexibility index (Phi) is 5.26. The predicted molar refractivity (Wildman–Crippen MR) is 109 cm³/mol. The summed E-state index contributed by atoms with van der Waals surface area (Å²) in [6, 6.07) is 9.54. The molecule has 3 aromatic rings. The Hall–Kier alpha value is -3.48. The van der Waals surface area contributed by atoms with E-state index in [1.165, 1.54) is 0 Å². The van der Waals surface area contributed by atoms with Crippen molar-refractivity contribution in [3.05, 3.63) is 41.5 Å². The van der Waals surface area contributed by atoms with Crippen molar-refractivity contribution in [2.75, 3.05) is 21.3 Å². The Morgan fingerprint density at radius 1 is 1.00 bits per heavy atom. The van der Waals surface area contributed by atoms with Gasteiger partial charge in [-0.1, -0.05) is 6.07 Å². The molecule has 0 radical (unpaired) electrons. The molecule has 0 atom stereocenters. The fourth-order valence-electron chi connectivity index (χ4n) is 3.09. The molecule has 3 rings (SSSR count). The van der Waals surface area contributed by atoms with Crippen LogP contribution in [0.25, 0.3) is 27.7 Å². The number of nitrogens with two attached hydrogens (primary N) is 1. The molecule has 0 aliphatic carbocycles. The first kappa shape index (κ1) is 19.3. The molecule has 7 heteroatoms. The Labute approximate surface area is 163 Å². The summed E-state index contributed by atoms with van der Waals surface area (Å²) < 4.78 is 16.3. The Morgan fingerprint density at radius 2 is 1.64 bits per heavy atom. The summed E-state index contributed by atoms with van der Waals surface area (Å²) in [5, 5.41) is 8.41. The van der Waals surface area contributed by atoms with Gasteiger partial charge in [-0.15, -0.1) is 0 Å². The SMILES string of the molecule is COc1cc(-c2n[nH]c3ccc(C(C)=C(C)C(N)=O)cc23)cc(OC)c1OC. The van der Waals surface area contributed by atoms with Gasteiger partial charge in [0.25, 0.3) is 0 Å². The highest BCUT2D eigenvalue weighted by Gasteiger charge is 2.17. The van der Waals surface area contributed by atoms with Crippen LogP contribution >= 0.6 is 0 Å². The zero-order valence-corrected chi connectivity index (χ0v) is 16.5. The van der Waals surface area contributed by atoms with E-state index in [1.54, 1.807) is 28.3 Å². The first-order chi connectivity index (χ1) is 13.4. The van der Waals surface area contributed by atoms with Crippen molar-refractivity contribution in [3.63, 3.8) is 0 Å². The number of aromatic nitrogens is 2. The number of H-pyrrole nitrogens is 1. The number of carbonyl (C=O) groups is 1. The number of ether oxygens (including phenoxy) is 3. The van der Waals surface area contributed by atoms with Crippen molar-refractivity contribution < 1.29 is 19.0 Å². The number of amides is 1. The minimum Gasteiger partial charge on any atom is -0.493 e. The van der Waals surface area contributed by atoms with Crippen LogP contribution in [-0.4, -0.2) is 37.4 Å². The number of rotatable bonds is 6. The van der Waals surface area contributed by atoms with Crippen molar-refractivity contribution in [2.45, 2.75) is 13.8 Å². The topological polar surface area (TPSA) is 99.5 Å². The molecule has 0 fully saturated rings. The molecule has 1 aromatic heterocycles. The number of fused-ring (bicyclic) bond motifs is 1. The fraction of sp³-hybridized carbons (Fsp3) is 0.238. The zero-order chi connectivity index (χ0) is 20.4. The average Bonchev–Trinajstić information content (AvgIpc) is 3.14. The van der Waals surface area contributed by atoms with Gasteiger partial charge in [-0.25, -0.2) is 0 Å². The minimum absolute atomic E-state index is 0.436. The van der Waals surface area contributed by atoms with E-state index in [2.05, 4.69) is 10.2 Å². The summed E-state index contributed by atoms with van der Waals surface area (Å²) in [6.45, 7) is 3.60. The molecule has 0 saturated carbocycles. The number of carbonyl (C=O) groups excluding carboxylic acids is 1. The second-order valence-electron chi connectivity index (χ2n) is 6.36. The molecule has 7 nitrogen and oxygen atoms in total. The minimum atomic E-state index is -0.436.